The van der Waals surface area contributed by atoms with Crippen LogP contribution in [0.4, 0.5) is 5.82 Å². The summed E-state index contributed by atoms with van der Waals surface area (Å²) in [5.41, 5.74) is 7.04. The van der Waals surface area contributed by atoms with Crippen LogP contribution in [0, 0.1) is 6.92 Å². The molecule has 0 bridgehead atoms. The largest absolute Gasteiger partial charge is 0.409 e. The van der Waals surface area contributed by atoms with Crippen LogP contribution in [0.5, 0.6) is 0 Å². The van der Waals surface area contributed by atoms with Crippen LogP contribution in [0.1, 0.15) is 11.3 Å². The van der Waals surface area contributed by atoms with Gasteiger partial charge in [0.1, 0.15) is 5.82 Å². The van der Waals surface area contributed by atoms with Gasteiger partial charge >= 0.3 is 0 Å². The van der Waals surface area contributed by atoms with Gasteiger partial charge in [0, 0.05) is 19.8 Å². The number of nitrogens with two attached hydrogens (primary N) is 1. The monoisotopic (exact) mass is 194 g/mol. The number of amidine groups is 1. The molecule has 1 aromatic heterocycles. The number of pyridine rings is 1. The highest BCUT2D eigenvalue weighted by molar-refractivity contribution is 6.01. The Morgan fingerprint density at radius 1 is 1.50 bits per heavy atom. The molecule has 0 amide bonds. The van der Waals surface area contributed by atoms with Crippen molar-refractivity contribution in [3.8, 4) is 0 Å². The third-order valence-corrected chi connectivity index (χ3v) is 1.82. The second kappa shape index (κ2) is 3.95. The van der Waals surface area contributed by atoms with Gasteiger partial charge in [-0.05, 0) is 19.1 Å². The molecule has 1 rings (SSSR count). The molecule has 0 atom stereocenters. The minimum absolute atomic E-state index is 0.0706. The van der Waals surface area contributed by atoms with Crippen LogP contribution < -0.4 is 10.6 Å². The second-order valence-corrected chi connectivity index (χ2v) is 3.20. The fraction of sp³-hybridized carbons (Fsp3) is 0.333. The van der Waals surface area contributed by atoms with Crippen molar-refractivity contribution in [3.63, 3.8) is 0 Å². The van der Waals surface area contributed by atoms with Crippen molar-refractivity contribution in [2.45, 2.75) is 6.92 Å². The first kappa shape index (κ1) is 10.3. The SMILES string of the molecule is Cc1ccc(C(N)=NO)c(N(C)C)n1. The van der Waals surface area contributed by atoms with Crippen molar-refractivity contribution >= 4 is 11.7 Å². The maximum Gasteiger partial charge on any atom is 0.173 e. The molecule has 14 heavy (non-hydrogen) atoms. The predicted octanol–water partition coefficient (Wildman–Crippen LogP) is 0.551. The molecule has 76 valence electrons. The Kier molecular flexibility index (Phi) is 2.91. The highest BCUT2D eigenvalue weighted by Crippen LogP contribution is 2.15. The van der Waals surface area contributed by atoms with Crippen LogP contribution in [0.15, 0.2) is 17.3 Å². The topological polar surface area (TPSA) is 74.7 Å². The Morgan fingerprint density at radius 3 is 2.64 bits per heavy atom. The number of rotatable bonds is 2. The van der Waals surface area contributed by atoms with E-state index in [2.05, 4.69) is 10.1 Å². The maximum absolute atomic E-state index is 8.58. The van der Waals surface area contributed by atoms with Crippen LogP contribution in [0.3, 0.4) is 0 Å². The molecule has 5 heteroatoms. The van der Waals surface area contributed by atoms with E-state index >= 15 is 0 Å². The lowest BCUT2D eigenvalue weighted by molar-refractivity contribution is 0.318. The van der Waals surface area contributed by atoms with E-state index in [-0.39, 0.29) is 5.84 Å². The highest BCUT2D eigenvalue weighted by atomic mass is 16.4. The van der Waals surface area contributed by atoms with Gasteiger partial charge in [0.25, 0.3) is 0 Å². The Labute approximate surface area is 82.9 Å². The molecule has 0 fully saturated rings. The molecule has 0 aliphatic rings. The molecule has 0 aliphatic carbocycles. The summed E-state index contributed by atoms with van der Waals surface area (Å²) in [6.45, 7) is 1.89. The first-order chi connectivity index (χ1) is 6.56. The van der Waals surface area contributed by atoms with Gasteiger partial charge in [-0.15, -0.1) is 0 Å². The van der Waals surface area contributed by atoms with E-state index in [0.29, 0.717) is 11.4 Å². The van der Waals surface area contributed by atoms with Crippen LogP contribution in [-0.2, 0) is 0 Å². The van der Waals surface area contributed by atoms with Gasteiger partial charge in [0.2, 0.25) is 0 Å². The Bertz CT molecular complexity index is 360. The van der Waals surface area contributed by atoms with Crippen molar-refractivity contribution in [2.24, 2.45) is 10.9 Å². The molecule has 1 aromatic rings. The van der Waals surface area contributed by atoms with Crippen LogP contribution >= 0.6 is 0 Å². The third kappa shape index (κ3) is 1.93. The first-order valence-electron chi connectivity index (χ1n) is 4.19. The van der Waals surface area contributed by atoms with Gasteiger partial charge in [-0.25, -0.2) is 4.98 Å². The number of oxime groups is 1. The quantitative estimate of drug-likeness (QED) is 0.312. The van der Waals surface area contributed by atoms with Gasteiger partial charge < -0.3 is 15.8 Å². The second-order valence-electron chi connectivity index (χ2n) is 3.20. The normalized spacial score (nSPS) is 11.5. The van der Waals surface area contributed by atoms with E-state index in [1.165, 1.54) is 0 Å². The lowest BCUT2D eigenvalue weighted by Gasteiger charge is -2.15. The number of hydrogen-bond donors (Lipinski definition) is 2. The molecule has 0 spiro atoms. The zero-order valence-electron chi connectivity index (χ0n) is 8.52. The minimum Gasteiger partial charge on any atom is -0.409 e. The van der Waals surface area contributed by atoms with E-state index in [4.69, 9.17) is 10.9 Å². The number of aryl methyl sites for hydroxylation is 1. The molecule has 0 unspecified atom stereocenters. The van der Waals surface area contributed by atoms with Crippen molar-refractivity contribution < 1.29 is 5.21 Å². The smallest absolute Gasteiger partial charge is 0.173 e. The summed E-state index contributed by atoms with van der Waals surface area (Å²) in [6.07, 6.45) is 0. The van der Waals surface area contributed by atoms with Gasteiger partial charge in [-0.3, -0.25) is 0 Å². The summed E-state index contributed by atoms with van der Waals surface area (Å²) in [6, 6.07) is 3.60. The number of anilines is 1. The number of aromatic nitrogens is 1. The Morgan fingerprint density at radius 2 is 2.14 bits per heavy atom. The van der Waals surface area contributed by atoms with Crippen LogP contribution in [0.2, 0.25) is 0 Å². The lowest BCUT2D eigenvalue weighted by Crippen LogP contribution is -2.21. The van der Waals surface area contributed by atoms with Gasteiger partial charge in [-0.2, -0.15) is 0 Å². The number of nitrogens with zero attached hydrogens (tertiary/aromatic N) is 3. The van der Waals surface area contributed by atoms with Crippen molar-refractivity contribution in [1.29, 1.82) is 0 Å². The van der Waals surface area contributed by atoms with Gasteiger partial charge in [0.15, 0.2) is 5.84 Å². The third-order valence-electron chi connectivity index (χ3n) is 1.82. The molecule has 0 saturated heterocycles. The molecule has 3 N–H and O–H groups in total. The zero-order chi connectivity index (χ0) is 10.7. The van der Waals surface area contributed by atoms with E-state index < -0.39 is 0 Å². The van der Waals surface area contributed by atoms with Crippen LogP contribution in [-0.4, -0.2) is 30.1 Å². The summed E-state index contributed by atoms with van der Waals surface area (Å²) in [5, 5.41) is 11.5. The molecule has 0 aliphatic heterocycles. The van der Waals surface area contributed by atoms with Crippen molar-refractivity contribution in [1.82, 2.24) is 4.98 Å². The molecular formula is C9H14N4O. The average molecular weight is 194 g/mol. The summed E-state index contributed by atoms with van der Waals surface area (Å²) < 4.78 is 0. The standard InChI is InChI=1S/C9H14N4O/c1-6-4-5-7(8(10)12-14)9(11-6)13(2)3/h4-5,14H,1-3H3,(H2,10,12). The first-order valence-corrected chi connectivity index (χ1v) is 4.19. The molecule has 0 aromatic carbocycles. The zero-order valence-corrected chi connectivity index (χ0v) is 8.52. The summed E-state index contributed by atoms with van der Waals surface area (Å²) in [7, 11) is 3.71. The van der Waals surface area contributed by atoms with Gasteiger partial charge in [-0.1, -0.05) is 5.16 Å². The molecule has 5 nitrogen and oxygen atoms in total. The lowest BCUT2D eigenvalue weighted by atomic mass is 10.2. The summed E-state index contributed by atoms with van der Waals surface area (Å²) >= 11 is 0. The maximum atomic E-state index is 8.58. The highest BCUT2D eigenvalue weighted by Gasteiger charge is 2.10. The van der Waals surface area contributed by atoms with E-state index in [0.717, 1.165) is 5.69 Å². The fourth-order valence-electron chi connectivity index (χ4n) is 1.14. The Balaban J connectivity index is 3.29. The van der Waals surface area contributed by atoms with E-state index in [9.17, 15) is 0 Å². The fourth-order valence-corrected chi connectivity index (χ4v) is 1.14. The summed E-state index contributed by atoms with van der Waals surface area (Å²) in [5.74, 6) is 0.765. The Hall–Kier alpha value is -1.78. The molecule has 1 heterocycles. The predicted molar refractivity (Wildman–Crippen MR) is 55.8 cm³/mol. The molecule has 0 radical (unpaired) electrons. The summed E-state index contributed by atoms with van der Waals surface area (Å²) in [4.78, 5) is 6.12. The van der Waals surface area contributed by atoms with Crippen LogP contribution in [0.25, 0.3) is 0 Å². The minimum atomic E-state index is 0.0706. The van der Waals surface area contributed by atoms with E-state index in [1.807, 2.05) is 32.0 Å². The van der Waals surface area contributed by atoms with Gasteiger partial charge in [0.05, 0.1) is 5.56 Å². The molecule has 0 saturated carbocycles. The number of hydrogen-bond acceptors (Lipinski definition) is 4. The average Bonchev–Trinajstić information content (AvgIpc) is 2.16. The van der Waals surface area contributed by atoms with E-state index in [1.54, 1.807) is 6.07 Å². The van der Waals surface area contributed by atoms with Crippen molar-refractivity contribution in [3.05, 3.63) is 23.4 Å². The van der Waals surface area contributed by atoms with Crippen molar-refractivity contribution in [2.75, 3.05) is 19.0 Å². The molecular weight excluding hydrogens is 180 g/mol.